The summed E-state index contributed by atoms with van der Waals surface area (Å²) in [5.41, 5.74) is 0.476. The third-order valence-corrected chi connectivity index (χ3v) is 8.82. The minimum atomic E-state index is -1.15. The third-order valence-electron chi connectivity index (χ3n) is 8.82. The first-order valence-corrected chi connectivity index (χ1v) is 14.6. The maximum absolute atomic E-state index is 12.3. The van der Waals surface area contributed by atoms with Crippen LogP contribution in [0.3, 0.4) is 0 Å². The number of carbonyl (C=O) groups is 2. The zero-order chi connectivity index (χ0) is 27.3. The van der Waals surface area contributed by atoms with Crippen molar-refractivity contribution in [3.63, 3.8) is 0 Å². The van der Waals surface area contributed by atoms with Crippen LogP contribution in [-0.4, -0.2) is 41.3 Å². The molecule has 3 aliphatic rings. The van der Waals surface area contributed by atoms with Crippen LogP contribution in [0.4, 0.5) is 0 Å². The highest BCUT2D eigenvalue weighted by Crippen LogP contribution is 2.38. The Morgan fingerprint density at radius 1 is 0.892 bits per heavy atom. The van der Waals surface area contributed by atoms with Crippen molar-refractivity contribution in [3.8, 4) is 0 Å². The predicted octanol–water partition coefficient (Wildman–Crippen LogP) is 6.62. The van der Waals surface area contributed by atoms with E-state index in [-0.39, 0.29) is 24.0 Å². The van der Waals surface area contributed by atoms with Crippen molar-refractivity contribution in [2.24, 2.45) is 35.5 Å². The average molecular weight is 522 g/mol. The second-order valence-corrected chi connectivity index (χ2v) is 12.9. The standard InChI is InChI=1S/C30H51NO6/c1-19(2)24-12-10-21(5)16-26(24)34-36-30(8,14-9-15-31-28(32)18-23(7)29(31)33)37-35-27-17-22(6)11-13-25(27)20(3)4/h18-22,24-27H,9-17H2,1-8H3. The van der Waals surface area contributed by atoms with Gasteiger partial charge >= 0.3 is 0 Å². The Morgan fingerprint density at radius 2 is 1.38 bits per heavy atom. The molecule has 0 radical (unpaired) electrons. The van der Waals surface area contributed by atoms with E-state index in [1.165, 1.54) is 23.8 Å². The molecule has 2 aliphatic carbocycles. The molecule has 2 fully saturated rings. The maximum atomic E-state index is 12.3. The molecular formula is C30H51NO6. The molecule has 0 aromatic rings. The van der Waals surface area contributed by atoms with E-state index in [4.69, 9.17) is 19.6 Å². The first kappa shape index (κ1) is 30.3. The van der Waals surface area contributed by atoms with Gasteiger partial charge in [-0.05, 0) is 81.5 Å². The molecule has 0 spiro atoms. The molecule has 1 aliphatic heterocycles. The van der Waals surface area contributed by atoms with Gasteiger partial charge in [-0.1, -0.05) is 54.4 Å². The Hall–Kier alpha value is -1.28. The predicted molar refractivity (Wildman–Crippen MR) is 143 cm³/mol. The second-order valence-electron chi connectivity index (χ2n) is 12.9. The minimum absolute atomic E-state index is 0.00150. The van der Waals surface area contributed by atoms with E-state index >= 15 is 0 Å². The molecule has 2 saturated carbocycles. The first-order chi connectivity index (χ1) is 17.4. The van der Waals surface area contributed by atoms with Crippen molar-refractivity contribution in [2.75, 3.05) is 6.54 Å². The van der Waals surface area contributed by atoms with Crippen molar-refractivity contribution < 1.29 is 29.1 Å². The smallest absolute Gasteiger partial charge is 0.256 e. The largest absolute Gasteiger partial charge is 0.275 e. The fraction of sp³-hybridized carbons (Fsp3) is 0.867. The summed E-state index contributed by atoms with van der Waals surface area (Å²) in [5, 5.41) is 0. The quantitative estimate of drug-likeness (QED) is 0.124. The van der Waals surface area contributed by atoms with E-state index in [0.29, 0.717) is 60.5 Å². The lowest BCUT2D eigenvalue weighted by Crippen LogP contribution is -2.42. The molecule has 7 nitrogen and oxygen atoms in total. The van der Waals surface area contributed by atoms with Gasteiger partial charge in [0, 0.05) is 24.6 Å². The second kappa shape index (κ2) is 13.2. The van der Waals surface area contributed by atoms with Gasteiger partial charge in [-0.3, -0.25) is 14.5 Å². The molecule has 0 saturated heterocycles. The minimum Gasteiger partial charge on any atom is -0.275 e. The van der Waals surface area contributed by atoms with Crippen LogP contribution in [0.1, 0.15) is 107 Å². The van der Waals surface area contributed by atoms with Crippen molar-refractivity contribution in [1.29, 1.82) is 0 Å². The lowest BCUT2D eigenvalue weighted by molar-refractivity contribution is -0.530. The number of rotatable bonds is 12. The fourth-order valence-corrected chi connectivity index (χ4v) is 6.28. The Labute approximate surface area is 224 Å². The highest BCUT2D eigenvalue weighted by atomic mass is 17.3. The third kappa shape index (κ3) is 8.11. The van der Waals surface area contributed by atoms with Gasteiger partial charge in [0.25, 0.3) is 11.8 Å². The summed E-state index contributed by atoms with van der Waals surface area (Å²) in [4.78, 5) is 50.3. The highest BCUT2D eigenvalue weighted by Gasteiger charge is 2.39. The number of hydrogen-bond acceptors (Lipinski definition) is 6. The van der Waals surface area contributed by atoms with Crippen molar-refractivity contribution in [2.45, 2.75) is 125 Å². The lowest BCUT2D eigenvalue weighted by atomic mass is 9.75. The molecule has 212 valence electrons. The zero-order valence-corrected chi connectivity index (χ0v) is 24.5. The van der Waals surface area contributed by atoms with Crippen LogP contribution in [-0.2, 0) is 29.1 Å². The Balaban J connectivity index is 1.66. The fourth-order valence-electron chi connectivity index (χ4n) is 6.28. The molecular weight excluding hydrogens is 470 g/mol. The van der Waals surface area contributed by atoms with Gasteiger partial charge in [0.05, 0.1) is 12.2 Å². The Kier molecular flexibility index (Phi) is 10.8. The van der Waals surface area contributed by atoms with Crippen LogP contribution in [0.15, 0.2) is 11.6 Å². The number of nitrogens with zero attached hydrogens (tertiary/aromatic N) is 1. The number of carbonyl (C=O) groups excluding carboxylic acids is 2. The molecule has 37 heavy (non-hydrogen) atoms. The lowest BCUT2D eigenvalue weighted by Gasteiger charge is -2.40. The molecule has 1 heterocycles. The Morgan fingerprint density at radius 3 is 1.78 bits per heavy atom. The highest BCUT2D eigenvalue weighted by molar-refractivity contribution is 6.15. The van der Waals surface area contributed by atoms with E-state index < -0.39 is 5.79 Å². The summed E-state index contributed by atoms with van der Waals surface area (Å²) >= 11 is 0. The molecule has 3 rings (SSSR count). The number of hydrogen-bond donors (Lipinski definition) is 0. The van der Waals surface area contributed by atoms with Gasteiger partial charge < -0.3 is 0 Å². The van der Waals surface area contributed by atoms with E-state index in [1.54, 1.807) is 6.92 Å². The number of amides is 2. The topological polar surface area (TPSA) is 74.3 Å². The normalized spacial score (nSPS) is 32.8. The molecule has 0 aromatic carbocycles. The van der Waals surface area contributed by atoms with Gasteiger partial charge in [-0.15, -0.1) is 0 Å². The Bertz CT molecular complexity index is 772. The van der Waals surface area contributed by atoms with Crippen molar-refractivity contribution >= 4 is 11.8 Å². The summed E-state index contributed by atoms with van der Waals surface area (Å²) in [6.45, 7) is 17.3. The van der Waals surface area contributed by atoms with E-state index in [0.717, 1.165) is 25.7 Å². The van der Waals surface area contributed by atoms with Gasteiger partial charge in [-0.2, -0.15) is 9.78 Å². The average Bonchev–Trinajstić information content (AvgIpc) is 3.07. The van der Waals surface area contributed by atoms with E-state index in [1.807, 2.05) is 6.92 Å². The van der Waals surface area contributed by atoms with E-state index in [9.17, 15) is 9.59 Å². The molecule has 6 atom stereocenters. The molecule has 7 heteroatoms. The summed E-state index contributed by atoms with van der Waals surface area (Å²) in [6, 6.07) is 0. The van der Waals surface area contributed by atoms with E-state index in [2.05, 4.69) is 41.5 Å². The SMILES string of the molecule is CC1=CC(=O)N(CCCC(C)(OOC2CC(C)CCC2C(C)C)OOC2CC(C)CCC2C(C)C)C1=O. The first-order valence-electron chi connectivity index (χ1n) is 14.6. The van der Waals surface area contributed by atoms with Crippen LogP contribution in [0.25, 0.3) is 0 Å². The zero-order valence-electron chi connectivity index (χ0n) is 24.5. The van der Waals surface area contributed by atoms with Gasteiger partial charge in [0.1, 0.15) is 0 Å². The maximum Gasteiger partial charge on any atom is 0.256 e. The molecule has 0 bridgehead atoms. The van der Waals surface area contributed by atoms with Gasteiger partial charge in [0.15, 0.2) is 0 Å². The van der Waals surface area contributed by atoms with Crippen LogP contribution < -0.4 is 0 Å². The number of imide groups is 1. The monoisotopic (exact) mass is 521 g/mol. The van der Waals surface area contributed by atoms with Crippen LogP contribution >= 0.6 is 0 Å². The summed E-state index contributed by atoms with van der Waals surface area (Å²) in [7, 11) is 0. The summed E-state index contributed by atoms with van der Waals surface area (Å²) < 4.78 is 0. The van der Waals surface area contributed by atoms with Gasteiger partial charge in [0.2, 0.25) is 5.79 Å². The summed E-state index contributed by atoms with van der Waals surface area (Å²) in [6.07, 6.45) is 8.92. The molecule has 0 aromatic heterocycles. The van der Waals surface area contributed by atoms with Gasteiger partial charge in [-0.25, -0.2) is 9.78 Å². The molecule has 2 amide bonds. The molecule has 6 unspecified atom stereocenters. The van der Waals surface area contributed by atoms with Crippen molar-refractivity contribution in [1.82, 2.24) is 4.90 Å². The summed E-state index contributed by atoms with van der Waals surface area (Å²) in [5.74, 6) is 1.40. The van der Waals surface area contributed by atoms with Crippen LogP contribution in [0.5, 0.6) is 0 Å². The van der Waals surface area contributed by atoms with Crippen molar-refractivity contribution in [3.05, 3.63) is 11.6 Å². The molecule has 0 N–H and O–H groups in total. The van der Waals surface area contributed by atoms with Crippen LogP contribution in [0, 0.1) is 35.5 Å². The van der Waals surface area contributed by atoms with Crippen LogP contribution in [0.2, 0.25) is 0 Å².